The van der Waals surface area contributed by atoms with Crippen LogP contribution in [0, 0.1) is 5.92 Å². The molecular formula is C20H30N2O3. The second kappa shape index (κ2) is 7.56. The molecule has 0 radical (unpaired) electrons. The quantitative estimate of drug-likeness (QED) is 0.832. The number of likely N-dealkylation sites (tertiary alicyclic amines) is 1. The molecule has 1 saturated heterocycles. The first-order valence-corrected chi connectivity index (χ1v) is 9.10. The van der Waals surface area contributed by atoms with Crippen molar-refractivity contribution in [3.8, 4) is 0 Å². The molecular weight excluding hydrogens is 316 g/mol. The van der Waals surface area contributed by atoms with Crippen molar-refractivity contribution in [1.29, 1.82) is 0 Å². The summed E-state index contributed by atoms with van der Waals surface area (Å²) >= 11 is 0. The molecule has 1 aliphatic heterocycles. The van der Waals surface area contributed by atoms with Gasteiger partial charge in [-0.2, -0.15) is 0 Å². The lowest BCUT2D eigenvalue weighted by Gasteiger charge is -2.36. The van der Waals surface area contributed by atoms with Gasteiger partial charge in [0.2, 0.25) is 5.91 Å². The Balaban J connectivity index is 2.10. The monoisotopic (exact) mass is 346 g/mol. The zero-order chi connectivity index (χ0) is 18.7. The Hall–Kier alpha value is -1.88. The van der Waals surface area contributed by atoms with Crippen LogP contribution < -0.4 is 5.32 Å². The van der Waals surface area contributed by atoms with Crippen LogP contribution in [0.5, 0.6) is 0 Å². The Morgan fingerprint density at radius 1 is 1.36 bits per heavy atom. The molecule has 1 aromatic carbocycles. The number of nitrogens with zero attached hydrogens (tertiary/aromatic N) is 1. The Labute approximate surface area is 150 Å². The molecule has 5 nitrogen and oxygen atoms in total. The normalized spacial score (nSPS) is 23.8. The number of hydrogen-bond donors (Lipinski definition) is 2. The zero-order valence-corrected chi connectivity index (χ0v) is 15.7. The Kier molecular flexibility index (Phi) is 5.88. The molecule has 2 N–H and O–H groups in total. The molecule has 138 valence electrons. The Morgan fingerprint density at radius 3 is 2.60 bits per heavy atom. The van der Waals surface area contributed by atoms with Crippen LogP contribution in [-0.2, 0) is 4.79 Å². The fourth-order valence-corrected chi connectivity index (χ4v) is 3.33. The van der Waals surface area contributed by atoms with Crippen LogP contribution in [0.15, 0.2) is 30.3 Å². The highest BCUT2D eigenvalue weighted by Crippen LogP contribution is 2.31. The summed E-state index contributed by atoms with van der Waals surface area (Å²) in [5, 5.41) is 13.4. The van der Waals surface area contributed by atoms with Crippen LogP contribution in [0.1, 0.15) is 57.3 Å². The minimum absolute atomic E-state index is 0.0752. The summed E-state index contributed by atoms with van der Waals surface area (Å²) < 4.78 is 0. The van der Waals surface area contributed by atoms with E-state index >= 15 is 0 Å². The van der Waals surface area contributed by atoms with Crippen molar-refractivity contribution in [1.82, 2.24) is 10.2 Å². The number of rotatable bonds is 6. The van der Waals surface area contributed by atoms with Crippen molar-refractivity contribution in [2.24, 2.45) is 5.92 Å². The SMILES string of the molecule is CCC(C)C(C)(O)CNC(=O)C1(C)CCCN1C(=O)c1ccccc1. The lowest BCUT2D eigenvalue weighted by atomic mass is 9.88. The molecule has 1 heterocycles. The smallest absolute Gasteiger partial charge is 0.254 e. The van der Waals surface area contributed by atoms with E-state index in [9.17, 15) is 14.7 Å². The molecule has 0 saturated carbocycles. The summed E-state index contributed by atoms with van der Waals surface area (Å²) in [6.45, 7) is 8.29. The fraction of sp³-hybridized carbons (Fsp3) is 0.600. The van der Waals surface area contributed by atoms with E-state index in [2.05, 4.69) is 5.32 Å². The summed E-state index contributed by atoms with van der Waals surface area (Å²) in [6, 6.07) is 9.05. The summed E-state index contributed by atoms with van der Waals surface area (Å²) in [5.41, 5.74) is -1.25. The van der Waals surface area contributed by atoms with Gasteiger partial charge in [0.05, 0.1) is 5.60 Å². The Bertz CT molecular complexity index is 615. The third kappa shape index (κ3) is 4.03. The summed E-state index contributed by atoms with van der Waals surface area (Å²) in [5.74, 6) is -0.242. The highest BCUT2D eigenvalue weighted by atomic mass is 16.3. The molecule has 2 amide bonds. The van der Waals surface area contributed by atoms with E-state index in [1.165, 1.54) is 0 Å². The fourth-order valence-electron chi connectivity index (χ4n) is 3.33. The summed E-state index contributed by atoms with van der Waals surface area (Å²) in [7, 11) is 0. The third-order valence-electron chi connectivity index (χ3n) is 5.68. The molecule has 1 aromatic rings. The van der Waals surface area contributed by atoms with E-state index in [1.54, 1.807) is 24.0 Å². The average molecular weight is 346 g/mol. The van der Waals surface area contributed by atoms with Crippen molar-refractivity contribution in [2.45, 2.75) is 58.1 Å². The predicted octanol–water partition coefficient (Wildman–Crippen LogP) is 2.59. The molecule has 0 bridgehead atoms. The molecule has 25 heavy (non-hydrogen) atoms. The maximum Gasteiger partial charge on any atom is 0.254 e. The first-order chi connectivity index (χ1) is 11.7. The van der Waals surface area contributed by atoms with Gasteiger partial charge in [0.15, 0.2) is 0 Å². The van der Waals surface area contributed by atoms with Crippen molar-refractivity contribution in [3.05, 3.63) is 35.9 Å². The van der Waals surface area contributed by atoms with Gasteiger partial charge in [-0.3, -0.25) is 9.59 Å². The standard InChI is InChI=1S/C20H30N2O3/c1-5-15(2)20(4,25)14-21-18(24)19(3)12-9-13-22(19)17(23)16-10-7-6-8-11-16/h6-8,10-11,15,25H,5,9,12-14H2,1-4H3,(H,21,24). The number of aliphatic hydroxyl groups is 1. The minimum Gasteiger partial charge on any atom is -0.388 e. The number of hydrogen-bond acceptors (Lipinski definition) is 3. The highest BCUT2D eigenvalue weighted by molar-refractivity contribution is 5.99. The molecule has 0 aliphatic carbocycles. The molecule has 1 fully saturated rings. The molecule has 1 aliphatic rings. The number of benzene rings is 1. The molecule has 3 unspecified atom stereocenters. The van der Waals surface area contributed by atoms with Crippen LogP contribution in [0.3, 0.4) is 0 Å². The van der Waals surface area contributed by atoms with E-state index in [0.29, 0.717) is 18.5 Å². The predicted molar refractivity (Wildman–Crippen MR) is 98.2 cm³/mol. The highest BCUT2D eigenvalue weighted by Gasteiger charge is 2.46. The summed E-state index contributed by atoms with van der Waals surface area (Å²) in [4.78, 5) is 27.3. The lowest BCUT2D eigenvalue weighted by Crippen LogP contribution is -2.57. The molecule has 3 atom stereocenters. The Morgan fingerprint density at radius 2 is 2.00 bits per heavy atom. The topological polar surface area (TPSA) is 69.6 Å². The van der Waals surface area contributed by atoms with Crippen LogP contribution in [-0.4, -0.2) is 46.1 Å². The van der Waals surface area contributed by atoms with E-state index < -0.39 is 11.1 Å². The second-order valence-electron chi connectivity index (χ2n) is 7.55. The van der Waals surface area contributed by atoms with Gasteiger partial charge in [-0.25, -0.2) is 0 Å². The maximum atomic E-state index is 12.9. The average Bonchev–Trinajstić information content (AvgIpc) is 3.02. The van der Waals surface area contributed by atoms with Crippen LogP contribution >= 0.6 is 0 Å². The van der Waals surface area contributed by atoms with Crippen molar-refractivity contribution >= 4 is 11.8 Å². The first-order valence-electron chi connectivity index (χ1n) is 9.10. The third-order valence-corrected chi connectivity index (χ3v) is 5.68. The zero-order valence-electron chi connectivity index (χ0n) is 15.7. The van der Waals surface area contributed by atoms with Crippen LogP contribution in [0.25, 0.3) is 0 Å². The largest absolute Gasteiger partial charge is 0.388 e. The molecule has 5 heteroatoms. The van der Waals surface area contributed by atoms with Gasteiger partial charge in [0.1, 0.15) is 5.54 Å². The molecule has 0 spiro atoms. The van der Waals surface area contributed by atoms with Gasteiger partial charge < -0.3 is 15.3 Å². The molecule has 0 aromatic heterocycles. The maximum absolute atomic E-state index is 12.9. The molecule has 2 rings (SSSR count). The van der Waals surface area contributed by atoms with E-state index in [-0.39, 0.29) is 24.3 Å². The first kappa shape index (κ1) is 19.4. The van der Waals surface area contributed by atoms with E-state index in [1.807, 2.05) is 39.0 Å². The number of carbonyl (C=O) groups excluding carboxylic acids is 2. The van der Waals surface area contributed by atoms with Crippen molar-refractivity contribution < 1.29 is 14.7 Å². The van der Waals surface area contributed by atoms with Crippen molar-refractivity contribution in [3.63, 3.8) is 0 Å². The van der Waals surface area contributed by atoms with Gasteiger partial charge in [-0.15, -0.1) is 0 Å². The minimum atomic E-state index is -0.965. The van der Waals surface area contributed by atoms with Gasteiger partial charge in [0.25, 0.3) is 5.91 Å². The second-order valence-corrected chi connectivity index (χ2v) is 7.55. The van der Waals surface area contributed by atoms with Gasteiger partial charge in [-0.1, -0.05) is 38.5 Å². The number of carbonyl (C=O) groups is 2. The van der Waals surface area contributed by atoms with Crippen LogP contribution in [0.2, 0.25) is 0 Å². The van der Waals surface area contributed by atoms with E-state index in [0.717, 1.165) is 12.8 Å². The number of nitrogens with one attached hydrogen (secondary N) is 1. The van der Waals surface area contributed by atoms with Crippen molar-refractivity contribution in [2.75, 3.05) is 13.1 Å². The van der Waals surface area contributed by atoms with Gasteiger partial charge >= 0.3 is 0 Å². The van der Waals surface area contributed by atoms with Gasteiger partial charge in [0, 0.05) is 18.7 Å². The van der Waals surface area contributed by atoms with E-state index in [4.69, 9.17) is 0 Å². The van der Waals surface area contributed by atoms with Gasteiger partial charge in [-0.05, 0) is 44.7 Å². The lowest BCUT2D eigenvalue weighted by molar-refractivity contribution is -0.131. The summed E-state index contributed by atoms with van der Waals surface area (Å²) in [6.07, 6.45) is 2.26. The number of amides is 2. The van der Waals surface area contributed by atoms with Crippen LogP contribution in [0.4, 0.5) is 0 Å².